The van der Waals surface area contributed by atoms with Crippen LogP contribution >= 0.6 is 0 Å². The molecule has 3 heterocycles. The Morgan fingerprint density at radius 3 is 2.56 bits per heavy atom. The Morgan fingerprint density at radius 1 is 1.00 bits per heavy atom. The highest BCUT2D eigenvalue weighted by atomic mass is 15.2. The van der Waals surface area contributed by atoms with Crippen LogP contribution < -0.4 is 20.9 Å². The fourth-order valence-corrected chi connectivity index (χ4v) is 3.36. The van der Waals surface area contributed by atoms with Crippen LogP contribution in [0.15, 0.2) is 24.7 Å². The van der Waals surface area contributed by atoms with Crippen molar-refractivity contribution in [2.24, 2.45) is 0 Å². The van der Waals surface area contributed by atoms with Crippen LogP contribution in [-0.4, -0.2) is 52.2 Å². The third kappa shape index (κ3) is 4.14. The lowest BCUT2D eigenvalue weighted by Crippen LogP contribution is -2.43. The molecule has 2 aliphatic rings. The van der Waals surface area contributed by atoms with E-state index in [0.717, 1.165) is 37.7 Å². The van der Waals surface area contributed by atoms with Crippen molar-refractivity contribution in [3.05, 3.63) is 24.7 Å². The summed E-state index contributed by atoms with van der Waals surface area (Å²) >= 11 is 0. The molecule has 8 nitrogen and oxygen atoms in total. The second kappa shape index (κ2) is 7.60. The van der Waals surface area contributed by atoms with Crippen LogP contribution in [0, 0.1) is 0 Å². The zero-order chi connectivity index (χ0) is 16.9. The summed E-state index contributed by atoms with van der Waals surface area (Å²) in [7, 11) is 0. The van der Waals surface area contributed by atoms with Crippen molar-refractivity contribution >= 4 is 23.4 Å². The summed E-state index contributed by atoms with van der Waals surface area (Å²) in [6.07, 6.45) is 8.34. The molecule has 8 heteroatoms. The summed E-state index contributed by atoms with van der Waals surface area (Å²) in [6.45, 7) is 4.06. The van der Waals surface area contributed by atoms with Crippen molar-refractivity contribution in [3.8, 4) is 0 Å². The van der Waals surface area contributed by atoms with Gasteiger partial charge in [-0.25, -0.2) is 15.0 Å². The predicted molar refractivity (Wildman–Crippen MR) is 98.3 cm³/mol. The summed E-state index contributed by atoms with van der Waals surface area (Å²) in [5.41, 5.74) is 1.14. The van der Waals surface area contributed by atoms with Crippen LogP contribution in [0.4, 0.5) is 23.4 Å². The smallest absolute Gasteiger partial charge is 0.233 e. The highest BCUT2D eigenvalue weighted by Gasteiger charge is 2.16. The first-order valence-corrected chi connectivity index (χ1v) is 9.01. The average molecular weight is 340 g/mol. The van der Waals surface area contributed by atoms with Crippen LogP contribution in [0.3, 0.4) is 0 Å². The molecule has 25 heavy (non-hydrogen) atoms. The number of hydrogen-bond acceptors (Lipinski definition) is 8. The van der Waals surface area contributed by atoms with Gasteiger partial charge in [0.2, 0.25) is 11.9 Å². The first-order chi connectivity index (χ1) is 12.4. The van der Waals surface area contributed by atoms with Crippen LogP contribution in [0.2, 0.25) is 0 Å². The molecule has 0 bridgehead atoms. The fourth-order valence-electron chi connectivity index (χ4n) is 3.36. The normalized spacial score (nSPS) is 18.3. The summed E-state index contributed by atoms with van der Waals surface area (Å²) < 4.78 is 0. The van der Waals surface area contributed by atoms with Gasteiger partial charge in [0.25, 0.3) is 0 Å². The number of rotatable bonds is 5. The Bertz CT molecular complexity index is 677. The quantitative estimate of drug-likeness (QED) is 0.759. The molecule has 4 rings (SSSR count). The first kappa shape index (κ1) is 16.0. The lowest BCUT2D eigenvalue weighted by atomic mass is 10.3. The molecule has 132 valence electrons. The van der Waals surface area contributed by atoms with Gasteiger partial charge in [0.05, 0.1) is 11.9 Å². The van der Waals surface area contributed by atoms with Gasteiger partial charge < -0.3 is 20.9 Å². The maximum absolute atomic E-state index is 4.49. The van der Waals surface area contributed by atoms with Gasteiger partial charge in [0, 0.05) is 32.2 Å². The largest absolute Gasteiger partial charge is 0.368 e. The highest BCUT2D eigenvalue weighted by molar-refractivity contribution is 5.54. The minimum Gasteiger partial charge on any atom is -0.368 e. The van der Waals surface area contributed by atoms with Crippen LogP contribution in [0.1, 0.15) is 25.7 Å². The van der Waals surface area contributed by atoms with E-state index >= 15 is 0 Å². The number of anilines is 4. The number of nitrogens with zero attached hydrogens (tertiary/aromatic N) is 5. The first-order valence-electron chi connectivity index (χ1n) is 9.01. The molecule has 1 aliphatic heterocycles. The molecule has 1 saturated carbocycles. The van der Waals surface area contributed by atoms with Gasteiger partial charge in [-0.3, -0.25) is 0 Å². The zero-order valence-electron chi connectivity index (χ0n) is 14.3. The monoisotopic (exact) mass is 340 g/mol. The Hall–Kier alpha value is -2.48. The third-order valence-corrected chi connectivity index (χ3v) is 4.73. The number of hydrogen-bond donors (Lipinski definition) is 3. The molecule has 0 amide bonds. The van der Waals surface area contributed by atoms with Crippen molar-refractivity contribution < 1.29 is 0 Å². The molecule has 0 atom stereocenters. The van der Waals surface area contributed by atoms with Gasteiger partial charge in [-0.15, -0.1) is 0 Å². The maximum Gasteiger partial charge on any atom is 0.233 e. The third-order valence-electron chi connectivity index (χ3n) is 4.73. The molecular formula is C17H24N8. The molecule has 1 aliphatic carbocycles. The van der Waals surface area contributed by atoms with E-state index in [1.54, 1.807) is 0 Å². The summed E-state index contributed by atoms with van der Waals surface area (Å²) in [4.78, 5) is 19.7. The number of nitrogens with one attached hydrogen (secondary N) is 3. The van der Waals surface area contributed by atoms with E-state index in [1.807, 2.05) is 12.3 Å². The fraction of sp³-hybridized carbons (Fsp3) is 0.529. The summed E-state index contributed by atoms with van der Waals surface area (Å²) in [5, 5.41) is 9.90. The van der Waals surface area contributed by atoms with Crippen molar-refractivity contribution in [1.29, 1.82) is 0 Å². The van der Waals surface area contributed by atoms with E-state index in [4.69, 9.17) is 0 Å². The highest BCUT2D eigenvalue weighted by Crippen LogP contribution is 2.21. The summed E-state index contributed by atoms with van der Waals surface area (Å²) in [5.74, 6) is 1.87. The van der Waals surface area contributed by atoms with Gasteiger partial charge in [-0.05, 0) is 25.0 Å². The maximum atomic E-state index is 4.49. The molecular weight excluding hydrogens is 316 g/mol. The minimum absolute atomic E-state index is 0.478. The van der Waals surface area contributed by atoms with Crippen molar-refractivity contribution in [3.63, 3.8) is 0 Å². The van der Waals surface area contributed by atoms with E-state index in [-0.39, 0.29) is 0 Å². The van der Waals surface area contributed by atoms with Gasteiger partial charge in [-0.1, -0.05) is 12.8 Å². The molecule has 0 radical (unpaired) electrons. The van der Waals surface area contributed by atoms with Gasteiger partial charge in [0.15, 0.2) is 0 Å². The van der Waals surface area contributed by atoms with E-state index in [9.17, 15) is 0 Å². The van der Waals surface area contributed by atoms with Gasteiger partial charge in [-0.2, -0.15) is 4.98 Å². The Labute approximate surface area is 147 Å². The Balaban J connectivity index is 1.39. The molecule has 0 unspecified atom stereocenters. The topological polar surface area (TPSA) is 90.9 Å². The van der Waals surface area contributed by atoms with Crippen molar-refractivity contribution in [1.82, 2.24) is 25.3 Å². The second-order valence-electron chi connectivity index (χ2n) is 6.52. The number of piperazine rings is 1. The lowest BCUT2D eigenvalue weighted by molar-refractivity contribution is 0.589. The average Bonchev–Trinajstić information content (AvgIpc) is 3.16. The minimum atomic E-state index is 0.478. The Kier molecular flexibility index (Phi) is 4.87. The molecule has 2 aromatic heterocycles. The van der Waals surface area contributed by atoms with E-state index in [0.29, 0.717) is 17.9 Å². The van der Waals surface area contributed by atoms with Crippen LogP contribution in [0.5, 0.6) is 0 Å². The van der Waals surface area contributed by atoms with Crippen LogP contribution in [-0.2, 0) is 0 Å². The van der Waals surface area contributed by atoms with Crippen molar-refractivity contribution in [2.45, 2.75) is 31.7 Å². The second-order valence-corrected chi connectivity index (χ2v) is 6.52. The Morgan fingerprint density at radius 2 is 1.80 bits per heavy atom. The molecule has 3 N–H and O–H groups in total. The lowest BCUT2D eigenvalue weighted by Gasteiger charge is -2.29. The van der Waals surface area contributed by atoms with Crippen molar-refractivity contribution in [2.75, 3.05) is 41.7 Å². The molecule has 0 aromatic carbocycles. The van der Waals surface area contributed by atoms with Crippen LogP contribution in [0.25, 0.3) is 0 Å². The SMILES string of the molecule is c1nc(Nc2ccc(N3CCNCC3)cn2)nc(NC2CCCC2)n1. The molecule has 0 spiro atoms. The van der Waals surface area contributed by atoms with E-state index < -0.39 is 0 Å². The molecule has 2 fully saturated rings. The zero-order valence-corrected chi connectivity index (χ0v) is 14.3. The molecule has 2 aromatic rings. The molecule has 1 saturated heterocycles. The van der Waals surface area contributed by atoms with E-state index in [2.05, 4.69) is 46.9 Å². The number of pyridine rings is 1. The van der Waals surface area contributed by atoms with E-state index in [1.165, 1.54) is 32.0 Å². The predicted octanol–water partition coefficient (Wildman–Crippen LogP) is 1.77. The van der Waals surface area contributed by atoms with Gasteiger partial charge >= 0.3 is 0 Å². The standard InChI is InChI=1S/C17H24N8/c1-2-4-13(3-1)22-16-20-12-21-17(24-16)23-15-6-5-14(11-19-15)25-9-7-18-8-10-25/h5-6,11-13,18H,1-4,7-10H2,(H2,19,20,21,22,23,24). The number of aromatic nitrogens is 4. The summed E-state index contributed by atoms with van der Waals surface area (Å²) in [6, 6.07) is 4.52. The van der Waals surface area contributed by atoms with Gasteiger partial charge in [0.1, 0.15) is 12.1 Å².